The van der Waals surface area contributed by atoms with Gasteiger partial charge < -0.3 is 9.73 Å². The summed E-state index contributed by atoms with van der Waals surface area (Å²) in [6.45, 7) is 1.72. The lowest BCUT2D eigenvalue weighted by Gasteiger charge is -2.33. The van der Waals surface area contributed by atoms with Gasteiger partial charge in [-0.3, -0.25) is 4.79 Å². The Morgan fingerprint density at radius 1 is 1.38 bits per heavy atom. The summed E-state index contributed by atoms with van der Waals surface area (Å²) < 4.78 is 44.7. The van der Waals surface area contributed by atoms with E-state index in [1.54, 1.807) is 19.1 Å². The molecule has 1 saturated carbocycles. The third-order valence-corrected chi connectivity index (χ3v) is 5.23. The van der Waals surface area contributed by atoms with Crippen LogP contribution in [0.3, 0.4) is 0 Å². The summed E-state index contributed by atoms with van der Waals surface area (Å²) in [4.78, 5) is 17.3. The molecule has 2 atom stereocenters. The molecule has 1 fully saturated rings. The van der Waals surface area contributed by atoms with Crippen LogP contribution in [-0.2, 0) is 0 Å². The Hall–Kier alpha value is -1.83. The van der Waals surface area contributed by atoms with E-state index in [1.165, 1.54) is 17.6 Å². The van der Waals surface area contributed by atoms with Crippen molar-refractivity contribution in [3.63, 3.8) is 0 Å². The predicted molar refractivity (Wildman–Crippen MR) is 83.8 cm³/mol. The van der Waals surface area contributed by atoms with Gasteiger partial charge in [-0.1, -0.05) is 12.8 Å². The van der Waals surface area contributed by atoms with Crippen LogP contribution in [0.5, 0.6) is 0 Å². The predicted octanol–water partition coefficient (Wildman–Crippen LogP) is 4.56. The normalized spacial score (nSPS) is 21.7. The fraction of sp³-hybridized carbons (Fsp3) is 0.500. The van der Waals surface area contributed by atoms with Crippen LogP contribution in [0, 0.1) is 12.8 Å². The van der Waals surface area contributed by atoms with Gasteiger partial charge in [-0.15, -0.1) is 11.3 Å². The zero-order valence-electron chi connectivity index (χ0n) is 13.0. The van der Waals surface area contributed by atoms with Gasteiger partial charge in [0, 0.05) is 10.9 Å². The minimum absolute atomic E-state index is 0.0577. The Morgan fingerprint density at radius 3 is 2.79 bits per heavy atom. The number of carbonyl (C=O) groups is 1. The minimum Gasteiger partial charge on any atom is -0.462 e. The smallest absolute Gasteiger partial charge is 0.393 e. The van der Waals surface area contributed by atoms with Crippen LogP contribution in [0.1, 0.15) is 41.0 Å². The molecule has 2 aromatic heterocycles. The first kappa shape index (κ1) is 17.0. The minimum atomic E-state index is -4.30. The first-order chi connectivity index (χ1) is 11.4. The summed E-state index contributed by atoms with van der Waals surface area (Å²) in [6, 6.07) is 2.54. The Kier molecular flexibility index (Phi) is 4.67. The van der Waals surface area contributed by atoms with Crippen LogP contribution in [0.25, 0.3) is 10.8 Å². The topological polar surface area (TPSA) is 55.1 Å². The molecule has 3 rings (SSSR count). The number of hydrogen-bond donors (Lipinski definition) is 1. The molecule has 1 aliphatic rings. The van der Waals surface area contributed by atoms with Crippen LogP contribution in [0.15, 0.2) is 22.8 Å². The zero-order valence-corrected chi connectivity index (χ0v) is 13.8. The molecule has 4 nitrogen and oxygen atoms in total. The van der Waals surface area contributed by atoms with Crippen molar-refractivity contribution >= 4 is 17.2 Å². The number of halogens is 3. The van der Waals surface area contributed by atoms with Crippen molar-refractivity contribution < 1.29 is 22.4 Å². The first-order valence-corrected chi connectivity index (χ1v) is 8.57. The molecule has 0 saturated heterocycles. The number of furan rings is 1. The first-order valence-electron chi connectivity index (χ1n) is 7.75. The van der Waals surface area contributed by atoms with Crippen molar-refractivity contribution in [2.24, 2.45) is 5.92 Å². The Morgan fingerprint density at radius 2 is 2.12 bits per heavy atom. The molecule has 0 spiro atoms. The van der Waals surface area contributed by atoms with Crippen molar-refractivity contribution in [2.75, 3.05) is 0 Å². The van der Waals surface area contributed by atoms with Gasteiger partial charge in [0.2, 0.25) is 0 Å². The van der Waals surface area contributed by atoms with Crippen LogP contribution < -0.4 is 5.32 Å². The van der Waals surface area contributed by atoms with Crippen molar-refractivity contribution in [2.45, 2.75) is 44.8 Å². The highest BCUT2D eigenvalue weighted by atomic mass is 32.1. The second-order valence-electron chi connectivity index (χ2n) is 5.91. The van der Waals surface area contributed by atoms with Gasteiger partial charge in [0.15, 0.2) is 10.8 Å². The van der Waals surface area contributed by atoms with Gasteiger partial charge in [-0.25, -0.2) is 4.98 Å². The van der Waals surface area contributed by atoms with Gasteiger partial charge in [-0.05, 0) is 31.9 Å². The summed E-state index contributed by atoms with van der Waals surface area (Å²) in [7, 11) is 0. The summed E-state index contributed by atoms with van der Waals surface area (Å²) >= 11 is 1.28. The van der Waals surface area contributed by atoms with Crippen LogP contribution in [-0.4, -0.2) is 23.1 Å². The lowest BCUT2D eigenvalue weighted by atomic mass is 9.84. The van der Waals surface area contributed by atoms with Gasteiger partial charge in [-0.2, -0.15) is 13.2 Å². The maximum atomic E-state index is 13.1. The lowest BCUT2D eigenvalue weighted by molar-refractivity contribution is -0.187. The number of aromatic nitrogens is 1. The Labute approximate surface area is 141 Å². The van der Waals surface area contributed by atoms with Crippen molar-refractivity contribution in [1.29, 1.82) is 0 Å². The van der Waals surface area contributed by atoms with E-state index in [2.05, 4.69) is 10.3 Å². The average Bonchev–Trinajstić information content (AvgIpc) is 3.15. The lowest BCUT2D eigenvalue weighted by Crippen LogP contribution is -2.47. The number of nitrogens with zero attached hydrogens (tertiary/aromatic N) is 1. The maximum Gasteiger partial charge on any atom is 0.393 e. The van der Waals surface area contributed by atoms with E-state index in [1.807, 2.05) is 0 Å². The quantitative estimate of drug-likeness (QED) is 0.875. The van der Waals surface area contributed by atoms with Gasteiger partial charge in [0.05, 0.1) is 12.2 Å². The third kappa shape index (κ3) is 3.48. The van der Waals surface area contributed by atoms with E-state index in [4.69, 9.17) is 4.42 Å². The fourth-order valence-corrected chi connectivity index (χ4v) is 3.92. The molecule has 0 radical (unpaired) electrons. The van der Waals surface area contributed by atoms with Crippen molar-refractivity contribution in [3.05, 3.63) is 29.0 Å². The molecule has 1 amide bonds. The number of alkyl halides is 3. The molecule has 1 aliphatic carbocycles. The number of thiazole rings is 1. The van der Waals surface area contributed by atoms with Crippen molar-refractivity contribution in [1.82, 2.24) is 10.3 Å². The number of rotatable bonds is 3. The van der Waals surface area contributed by atoms with Gasteiger partial charge in [0.1, 0.15) is 5.69 Å². The third-order valence-electron chi connectivity index (χ3n) is 4.25. The molecule has 2 unspecified atom stereocenters. The van der Waals surface area contributed by atoms with Crippen LogP contribution in [0.4, 0.5) is 13.2 Å². The van der Waals surface area contributed by atoms with E-state index in [0.29, 0.717) is 34.9 Å². The molecule has 0 bridgehead atoms. The van der Waals surface area contributed by atoms with Crippen molar-refractivity contribution in [3.8, 4) is 10.8 Å². The highest BCUT2D eigenvalue weighted by molar-refractivity contribution is 7.15. The molecular weight excluding hydrogens is 341 g/mol. The summed E-state index contributed by atoms with van der Waals surface area (Å²) in [5.74, 6) is -1.51. The fourth-order valence-electron chi connectivity index (χ4n) is 3.04. The molecule has 0 aliphatic heterocycles. The molecule has 2 aromatic rings. The van der Waals surface area contributed by atoms with Gasteiger partial charge in [0.25, 0.3) is 5.91 Å². The van der Waals surface area contributed by atoms with Crippen LogP contribution in [0.2, 0.25) is 0 Å². The molecule has 24 heavy (non-hydrogen) atoms. The summed E-state index contributed by atoms with van der Waals surface area (Å²) in [5, 5.41) is 3.09. The number of amides is 1. The molecule has 8 heteroatoms. The monoisotopic (exact) mass is 358 g/mol. The summed E-state index contributed by atoms with van der Waals surface area (Å²) in [6.07, 6.45) is -1.18. The largest absolute Gasteiger partial charge is 0.462 e. The average molecular weight is 358 g/mol. The maximum absolute atomic E-state index is 13.1. The standard InChI is InChI=1S/C16H17F3N2O2S/c1-9-13(21-15(24-9)12-7-4-8-23-12)14(22)20-11-6-3-2-5-10(11)16(17,18)19/h4,7-8,10-11H,2-3,5-6H2,1H3,(H,20,22). The van der Waals surface area contributed by atoms with E-state index in [0.717, 1.165) is 0 Å². The molecular formula is C16H17F3N2O2S. The summed E-state index contributed by atoms with van der Waals surface area (Å²) in [5.41, 5.74) is 0.165. The Bertz CT molecular complexity index is 709. The molecule has 1 N–H and O–H groups in total. The number of hydrogen-bond acceptors (Lipinski definition) is 4. The van der Waals surface area contributed by atoms with E-state index < -0.39 is 24.0 Å². The van der Waals surface area contributed by atoms with Gasteiger partial charge >= 0.3 is 6.18 Å². The highest BCUT2D eigenvalue weighted by Crippen LogP contribution is 2.38. The van der Waals surface area contributed by atoms with E-state index in [9.17, 15) is 18.0 Å². The molecule has 130 valence electrons. The number of nitrogens with one attached hydrogen (secondary N) is 1. The highest BCUT2D eigenvalue weighted by Gasteiger charge is 2.46. The Balaban J connectivity index is 1.77. The van der Waals surface area contributed by atoms with E-state index in [-0.39, 0.29) is 12.1 Å². The number of carbonyl (C=O) groups excluding carboxylic acids is 1. The van der Waals surface area contributed by atoms with Crippen LogP contribution >= 0.6 is 11.3 Å². The molecule has 0 aromatic carbocycles. The van der Waals surface area contributed by atoms with E-state index >= 15 is 0 Å². The zero-order chi connectivity index (χ0) is 17.3. The second-order valence-corrected chi connectivity index (χ2v) is 7.12. The second kappa shape index (κ2) is 6.58. The number of aryl methyl sites for hydroxylation is 1. The molecule has 2 heterocycles. The SMILES string of the molecule is Cc1sc(-c2ccco2)nc1C(=O)NC1CCCCC1C(F)(F)F.